The summed E-state index contributed by atoms with van der Waals surface area (Å²) in [5, 5.41) is 0. The van der Waals surface area contributed by atoms with Crippen LogP contribution in [0.5, 0.6) is 34.5 Å². The molecule has 166 valence electrons. The van der Waals surface area contributed by atoms with E-state index in [2.05, 4.69) is 0 Å². The monoisotopic (exact) mass is 422 g/mol. The normalized spacial score (nSPS) is 10.5. The number of methoxy groups -OCH3 is 6. The van der Waals surface area contributed by atoms with E-state index in [1.165, 1.54) is 0 Å². The number of rotatable bonds is 13. The summed E-state index contributed by atoms with van der Waals surface area (Å²) in [6, 6.07) is 7.66. The van der Waals surface area contributed by atoms with Gasteiger partial charge < -0.3 is 37.9 Å². The third kappa shape index (κ3) is 5.61. The van der Waals surface area contributed by atoms with Gasteiger partial charge in [-0.15, -0.1) is 0 Å². The number of hydrogen-bond donors (Lipinski definition) is 0. The molecule has 0 aliphatic rings. The summed E-state index contributed by atoms with van der Waals surface area (Å²) in [7, 11) is 9.46. The first-order chi connectivity index (χ1) is 14.6. The molecule has 0 aliphatic heterocycles. The van der Waals surface area contributed by atoms with Crippen molar-refractivity contribution in [3.8, 4) is 34.5 Å². The van der Waals surface area contributed by atoms with Gasteiger partial charge in [-0.1, -0.05) is 6.07 Å². The Labute approximate surface area is 177 Å². The van der Waals surface area contributed by atoms with E-state index in [1.54, 1.807) is 42.7 Å². The molecule has 2 aromatic rings. The van der Waals surface area contributed by atoms with Crippen molar-refractivity contribution >= 4 is 0 Å². The molecule has 0 N–H and O–H groups in total. The first kappa shape index (κ1) is 23.4. The minimum atomic E-state index is 0.0655. The van der Waals surface area contributed by atoms with Crippen LogP contribution in [0.4, 0.5) is 0 Å². The quantitative estimate of drug-likeness (QED) is 0.455. The van der Waals surface area contributed by atoms with Gasteiger partial charge in [0.25, 0.3) is 0 Å². The molecule has 0 aliphatic carbocycles. The molecular formula is C22H30O8. The van der Waals surface area contributed by atoms with Gasteiger partial charge in [0, 0.05) is 14.2 Å². The van der Waals surface area contributed by atoms with Crippen molar-refractivity contribution in [1.29, 1.82) is 0 Å². The minimum Gasteiger partial charge on any atom is -0.493 e. The van der Waals surface area contributed by atoms with Gasteiger partial charge in [-0.2, -0.15) is 0 Å². The van der Waals surface area contributed by atoms with Crippen LogP contribution in [-0.4, -0.2) is 56.2 Å². The summed E-state index contributed by atoms with van der Waals surface area (Å²) in [6.45, 7) is 0.143. The van der Waals surface area contributed by atoms with Crippen molar-refractivity contribution < 1.29 is 37.9 Å². The molecule has 0 heterocycles. The summed E-state index contributed by atoms with van der Waals surface area (Å²) in [5.74, 6) is 3.37. The standard InChI is InChI=1S/C22H30O8/c1-23-13-29-20-16(9-10-17(25-3)22(20)30-14-24-2)8-7-15-11-18(26-4)21(28-6)19(12-15)27-5/h9-12H,7-8,13-14H2,1-6H3. The Morgan fingerprint density at radius 1 is 0.567 bits per heavy atom. The lowest BCUT2D eigenvalue weighted by atomic mass is 10.0. The van der Waals surface area contributed by atoms with Crippen LogP contribution in [0.3, 0.4) is 0 Å². The molecule has 0 spiro atoms. The molecule has 2 rings (SSSR count). The molecule has 0 unspecified atom stereocenters. The summed E-state index contributed by atoms with van der Waals surface area (Å²) in [4.78, 5) is 0. The molecule has 0 saturated carbocycles. The van der Waals surface area contributed by atoms with Crippen molar-refractivity contribution in [1.82, 2.24) is 0 Å². The van der Waals surface area contributed by atoms with E-state index in [0.717, 1.165) is 11.1 Å². The number of hydrogen-bond acceptors (Lipinski definition) is 8. The van der Waals surface area contributed by atoms with Gasteiger partial charge in [0.1, 0.15) is 0 Å². The lowest BCUT2D eigenvalue weighted by Gasteiger charge is -2.19. The van der Waals surface area contributed by atoms with E-state index in [1.807, 2.05) is 24.3 Å². The van der Waals surface area contributed by atoms with E-state index >= 15 is 0 Å². The minimum absolute atomic E-state index is 0.0655. The molecule has 0 fully saturated rings. The fourth-order valence-electron chi connectivity index (χ4n) is 3.03. The van der Waals surface area contributed by atoms with Crippen LogP contribution in [0.1, 0.15) is 11.1 Å². The second-order valence-electron chi connectivity index (χ2n) is 6.22. The maximum atomic E-state index is 5.82. The molecule has 0 bridgehead atoms. The predicted molar refractivity (Wildman–Crippen MR) is 112 cm³/mol. The largest absolute Gasteiger partial charge is 0.493 e. The second kappa shape index (κ2) is 12.0. The number of ether oxygens (including phenoxy) is 8. The van der Waals surface area contributed by atoms with E-state index in [9.17, 15) is 0 Å². The van der Waals surface area contributed by atoms with Crippen molar-refractivity contribution in [2.45, 2.75) is 12.8 Å². The average Bonchev–Trinajstić information content (AvgIpc) is 2.79. The highest BCUT2D eigenvalue weighted by Gasteiger charge is 2.19. The Balaban J connectivity index is 2.35. The average molecular weight is 422 g/mol. The first-order valence-corrected chi connectivity index (χ1v) is 9.35. The van der Waals surface area contributed by atoms with Crippen LogP contribution in [-0.2, 0) is 22.3 Å². The lowest BCUT2D eigenvalue weighted by molar-refractivity contribution is 0.0302. The third-order valence-electron chi connectivity index (χ3n) is 4.43. The summed E-state index contributed by atoms with van der Waals surface area (Å²) in [5.41, 5.74) is 1.96. The molecule has 0 aromatic heterocycles. The SMILES string of the molecule is COCOc1c(CCc2cc(OC)c(OC)c(OC)c2)ccc(OC)c1OCOC. The van der Waals surface area contributed by atoms with Gasteiger partial charge in [-0.05, 0) is 42.2 Å². The molecule has 0 amide bonds. The lowest BCUT2D eigenvalue weighted by Crippen LogP contribution is -2.08. The molecule has 0 radical (unpaired) electrons. The molecule has 30 heavy (non-hydrogen) atoms. The molecular weight excluding hydrogens is 392 g/mol. The van der Waals surface area contributed by atoms with Crippen molar-refractivity contribution in [2.75, 3.05) is 56.2 Å². The summed E-state index contributed by atoms with van der Waals surface area (Å²) in [6.07, 6.45) is 1.38. The van der Waals surface area contributed by atoms with Gasteiger partial charge in [-0.25, -0.2) is 0 Å². The number of benzene rings is 2. The van der Waals surface area contributed by atoms with E-state index in [4.69, 9.17) is 37.9 Å². The fourth-order valence-corrected chi connectivity index (χ4v) is 3.03. The zero-order valence-electron chi connectivity index (χ0n) is 18.4. The molecule has 8 nitrogen and oxygen atoms in total. The van der Waals surface area contributed by atoms with Crippen LogP contribution in [0.15, 0.2) is 24.3 Å². The first-order valence-electron chi connectivity index (χ1n) is 9.35. The second-order valence-corrected chi connectivity index (χ2v) is 6.22. The molecule has 0 atom stereocenters. The molecule has 8 heteroatoms. The number of aryl methyl sites for hydroxylation is 2. The van der Waals surface area contributed by atoms with Crippen LogP contribution in [0.2, 0.25) is 0 Å². The zero-order chi connectivity index (χ0) is 21.9. The highest BCUT2D eigenvalue weighted by Crippen LogP contribution is 2.42. The predicted octanol–water partition coefficient (Wildman–Crippen LogP) is 3.47. The Hall–Kier alpha value is -2.84. The van der Waals surface area contributed by atoms with Gasteiger partial charge in [-0.3, -0.25) is 0 Å². The summed E-state index contributed by atoms with van der Waals surface area (Å²) < 4.78 is 43.4. The zero-order valence-corrected chi connectivity index (χ0v) is 18.4. The topological polar surface area (TPSA) is 73.8 Å². The van der Waals surface area contributed by atoms with Gasteiger partial charge in [0.2, 0.25) is 11.5 Å². The highest BCUT2D eigenvalue weighted by molar-refractivity contribution is 5.57. The molecule has 2 aromatic carbocycles. The van der Waals surface area contributed by atoms with E-state index in [-0.39, 0.29) is 13.6 Å². The van der Waals surface area contributed by atoms with Crippen LogP contribution in [0, 0.1) is 0 Å². The van der Waals surface area contributed by atoms with Gasteiger partial charge >= 0.3 is 0 Å². The van der Waals surface area contributed by atoms with Crippen molar-refractivity contribution in [3.05, 3.63) is 35.4 Å². The van der Waals surface area contributed by atoms with Crippen LogP contribution in [0.25, 0.3) is 0 Å². The maximum absolute atomic E-state index is 5.82. The highest BCUT2D eigenvalue weighted by atomic mass is 16.7. The molecule has 0 saturated heterocycles. The smallest absolute Gasteiger partial charge is 0.206 e. The fraction of sp³-hybridized carbons (Fsp3) is 0.455. The van der Waals surface area contributed by atoms with Crippen LogP contribution < -0.4 is 28.4 Å². The Kier molecular flexibility index (Phi) is 9.37. The summed E-state index contributed by atoms with van der Waals surface area (Å²) >= 11 is 0. The maximum Gasteiger partial charge on any atom is 0.206 e. The van der Waals surface area contributed by atoms with Gasteiger partial charge in [0.05, 0.1) is 28.4 Å². The Bertz CT molecular complexity index is 781. The van der Waals surface area contributed by atoms with Crippen LogP contribution >= 0.6 is 0 Å². The Morgan fingerprint density at radius 2 is 1.13 bits per heavy atom. The van der Waals surface area contributed by atoms with Crippen molar-refractivity contribution in [3.63, 3.8) is 0 Å². The van der Waals surface area contributed by atoms with E-state index in [0.29, 0.717) is 47.3 Å². The van der Waals surface area contributed by atoms with E-state index < -0.39 is 0 Å². The third-order valence-corrected chi connectivity index (χ3v) is 4.43. The Morgan fingerprint density at radius 3 is 1.63 bits per heavy atom. The van der Waals surface area contributed by atoms with Gasteiger partial charge in [0.15, 0.2) is 36.6 Å². The van der Waals surface area contributed by atoms with Crippen molar-refractivity contribution in [2.24, 2.45) is 0 Å².